The highest BCUT2D eigenvalue weighted by molar-refractivity contribution is 5.86. The fourth-order valence-electron chi connectivity index (χ4n) is 1.14. The molecule has 0 rings (SSSR count). The fraction of sp³-hybridized carbons (Fsp3) is 0.700. The number of likely N-dealkylation sites (N-methyl/N-ethyl adjacent to an activating group) is 1. The number of amides is 2. The minimum Gasteiger partial charge on any atom is -0.480 e. The molecule has 2 N–H and O–H groups in total. The van der Waals surface area contributed by atoms with Crippen LogP contribution >= 0.6 is 0 Å². The molecule has 0 aliphatic heterocycles. The quantitative estimate of drug-likeness (QED) is 0.636. The second-order valence-corrected chi connectivity index (χ2v) is 3.33. The third kappa shape index (κ3) is 6.00. The van der Waals surface area contributed by atoms with E-state index in [1.807, 2.05) is 6.92 Å². The zero-order valence-electron chi connectivity index (χ0n) is 9.65. The predicted octanol–water partition coefficient (Wildman–Crippen LogP) is -0.164. The van der Waals surface area contributed by atoms with Gasteiger partial charge in [-0.1, -0.05) is 6.92 Å². The third-order valence-electron chi connectivity index (χ3n) is 1.97. The van der Waals surface area contributed by atoms with Gasteiger partial charge in [0.05, 0.1) is 6.54 Å². The largest absolute Gasteiger partial charge is 0.480 e. The molecule has 92 valence electrons. The third-order valence-corrected chi connectivity index (χ3v) is 1.97. The highest BCUT2D eigenvalue weighted by Gasteiger charge is 2.15. The van der Waals surface area contributed by atoms with Gasteiger partial charge in [-0.15, -0.1) is 0 Å². The molecule has 0 radical (unpaired) electrons. The van der Waals surface area contributed by atoms with Crippen molar-refractivity contribution in [1.29, 1.82) is 0 Å². The van der Waals surface area contributed by atoms with Crippen LogP contribution in [0.1, 0.15) is 26.7 Å². The molecule has 0 heterocycles. The summed E-state index contributed by atoms with van der Waals surface area (Å²) in [6.45, 7) is 3.40. The molecular weight excluding hydrogens is 212 g/mol. The molecule has 0 spiro atoms. The molecule has 0 aromatic rings. The molecule has 0 fully saturated rings. The van der Waals surface area contributed by atoms with Gasteiger partial charge in [0, 0.05) is 13.0 Å². The van der Waals surface area contributed by atoms with Gasteiger partial charge in [-0.05, 0) is 13.3 Å². The van der Waals surface area contributed by atoms with E-state index < -0.39 is 5.97 Å². The van der Waals surface area contributed by atoms with E-state index in [-0.39, 0.29) is 24.9 Å². The van der Waals surface area contributed by atoms with E-state index in [9.17, 15) is 14.4 Å². The second kappa shape index (κ2) is 7.67. The Balaban J connectivity index is 4.02. The maximum absolute atomic E-state index is 11.5. The van der Waals surface area contributed by atoms with Gasteiger partial charge in [0.25, 0.3) is 0 Å². The van der Waals surface area contributed by atoms with Crippen molar-refractivity contribution in [3.05, 3.63) is 0 Å². The summed E-state index contributed by atoms with van der Waals surface area (Å²) in [6.07, 6.45) is 1.09. The van der Waals surface area contributed by atoms with E-state index in [0.29, 0.717) is 19.4 Å². The normalized spacial score (nSPS) is 9.62. The first-order chi connectivity index (χ1) is 7.51. The van der Waals surface area contributed by atoms with E-state index in [2.05, 4.69) is 5.32 Å². The summed E-state index contributed by atoms with van der Waals surface area (Å²) in [5.74, 6) is -1.63. The highest BCUT2D eigenvalue weighted by atomic mass is 16.4. The van der Waals surface area contributed by atoms with Gasteiger partial charge in [-0.25, -0.2) is 0 Å². The summed E-state index contributed by atoms with van der Waals surface area (Å²) in [5, 5.41) is 11.0. The zero-order chi connectivity index (χ0) is 12.6. The lowest BCUT2D eigenvalue weighted by molar-refractivity contribution is -0.144. The molecule has 0 unspecified atom stereocenters. The van der Waals surface area contributed by atoms with Crippen molar-refractivity contribution >= 4 is 17.8 Å². The van der Waals surface area contributed by atoms with E-state index in [1.54, 1.807) is 6.92 Å². The first kappa shape index (κ1) is 14.4. The number of nitrogens with zero attached hydrogens (tertiary/aromatic N) is 1. The summed E-state index contributed by atoms with van der Waals surface area (Å²) >= 11 is 0. The van der Waals surface area contributed by atoms with Gasteiger partial charge in [0.15, 0.2) is 0 Å². The summed E-state index contributed by atoms with van der Waals surface area (Å²) in [7, 11) is 0. The van der Waals surface area contributed by atoms with Crippen LogP contribution in [0.5, 0.6) is 0 Å². The van der Waals surface area contributed by atoms with Crippen LogP contribution in [0, 0.1) is 0 Å². The van der Waals surface area contributed by atoms with Crippen LogP contribution in [0.4, 0.5) is 0 Å². The molecule has 0 aromatic heterocycles. The van der Waals surface area contributed by atoms with Crippen LogP contribution < -0.4 is 5.32 Å². The molecule has 0 saturated carbocycles. The summed E-state index contributed by atoms with van der Waals surface area (Å²) in [6, 6.07) is 0. The number of aliphatic carboxylic acids is 1. The summed E-state index contributed by atoms with van der Waals surface area (Å²) < 4.78 is 0. The minimum atomic E-state index is -1.06. The first-order valence-corrected chi connectivity index (χ1v) is 5.27. The standard InChI is InChI=1S/C10H18N2O4/c1-3-5-8(13)11-6-9(14)12(4-2)7-10(15)16/h3-7H2,1-2H3,(H,11,13)(H,15,16). The Kier molecular flexibility index (Phi) is 6.91. The topological polar surface area (TPSA) is 86.7 Å². The number of carboxylic acids is 1. The molecule has 6 nitrogen and oxygen atoms in total. The van der Waals surface area contributed by atoms with E-state index in [4.69, 9.17) is 5.11 Å². The Labute approximate surface area is 94.6 Å². The molecule has 0 aliphatic carbocycles. The Morgan fingerprint density at radius 3 is 2.31 bits per heavy atom. The van der Waals surface area contributed by atoms with Crippen molar-refractivity contribution in [3.8, 4) is 0 Å². The molecule has 0 saturated heterocycles. The molecule has 16 heavy (non-hydrogen) atoms. The Morgan fingerprint density at radius 1 is 1.25 bits per heavy atom. The minimum absolute atomic E-state index is 0.139. The van der Waals surface area contributed by atoms with Gasteiger partial charge in [0.1, 0.15) is 6.54 Å². The number of carboxylic acid groups (broad SMARTS) is 1. The van der Waals surface area contributed by atoms with Crippen molar-refractivity contribution in [2.75, 3.05) is 19.6 Å². The molecule has 0 aliphatic rings. The first-order valence-electron chi connectivity index (χ1n) is 5.27. The lowest BCUT2D eigenvalue weighted by Crippen LogP contribution is -2.42. The SMILES string of the molecule is CCCC(=O)NCC(=O)N(CC)CC(=O)O. The number of hydrogen-bond acceptors (Lipinski definition) is 3. The lowest BCUT2D eigenvalue weighted by atomic mass is 10.3. The molecule has 0 aromatic carbocycles. The number of carbonyl (C=O) groups is 3. The van der Waals surface area contributed by atoms with Crippen LogP contribution in [0.15, 0.2) is 0 Å². The summed E-state index contributed by atoms with van der Waals surface area (Å²) in [5.41, 5.74) is 0. The number of carbonyl (C=O) groups excluding carboxylic acids is 2. The zero-order valence-corrected chi connectivity index (χ0v) is 9.65. The Hall–Kier alpha value is -1.59. The maximum atomic E-state index is 11.5. The van der Waals surface area contributed by atoms with Gasteiger partial charge in [-0.2, -0.15) is 0 Å². The van der Waals surface area contributed by atoms with Crippen LogP contribution in [0.2, 0.25) is 0 Å². The van der Waals surface area contributed by atoms with Crippen molar-refractivity contribution in [2.24, 2.45) is 0 Å². The Bertz CT molecular complexity index is 266. The number of nitrogens with one attached hydrogen (secondary N) is 1. The van der Waals surface area contributed by atoms with Gasteiger partial charge in [-0.3, -0.25) is 14.4 Å². The Morgan fingerprint density at radius 2 is 1.88 bits per heavy atom. The average molecular weight is 230 g/mol. The molecule has 0 atom stereocenters. The maximum Gasteiger partial charge on any atom is 0.323 e. The van der Waals surface area contributed by atoms with Crippen LogP contribution in [0.3, 0.4) is 0 Å². The molecule has 0 bridgehead atoms. The number of rotatable bonds is 7. The van der Waals surface area contributed by atoms with Crippen molar-refractivity contribution in [3.63, 3.8) is 0 Å². The summed E-state index contributed by atoms with van der Waals surface area (Å²) in [4.78, 5) is 34.2. The van der Waals surface area contributed by atoms with Crippen molar-refractivity contribution < 1.29 is 19.5 Å². The van der Waals surface area contributed by atoms with E-state index in [0.717, 1.165) is 0 Å². The highest BCUT2D eigenvalue weighted by Crippen LogP contribution is 1.90. The second-order valence-electron chi connectivity index (χ2n) is 3.33. The van der Waals surface area contributed by atoms with Gasteiger partial charge < -0.3 is 15.3 Å². The fourth-order valence-corrected chi connectivity index (χ4v) is 1.14. The van der Waals surface area contributed by atoms with Crippen molar-refractivity contribution in [1.82, 2.24) is 10.2 Å². The average Bonchev–Trinajstić information content (AvgIpc) is 2.22. The van der Waals surface area contributed by atoms with E-state index >= 15 is 0 Å². The monoisotopic (exact) mass is 230 g/mol. The molecule has 2 amide bonds. The predicted molar refractivity (Wildman–Crippen MR) is 57.8 cm³/mol. The molecular formula is C10H18N2O4. The number of hydrogen-bond donors (Lipinski definition) is 2. The van der Waals surface area contributed by atoms with Crippen LogP contribution in [-0.4, -0.2) is 47.4 Å². The van der Waals surface area contributed by atoms with E-state index in [1.165, 1.54) is 4.90 Å². The lowest BCUT2D eigenvalue weighted by Gasteiger charge is -2.18. The van der Waals surface area contributed by atoms with Crippen LogP contribution in [0.25, 0.3) is 0 Å². The molecule has 6 heteroatoms. The smallest absolute Gasteiger partial charge is 0.323 e. The van der Waals surface area contributed by atoms with Crippen molar-refractivity contribution in [2.45, 2.75) is 26.7 Å². The van der Waals surface area contributed by atoms with Crippen LogP contribution in [-0.2, 0) is 14.4 Å². The van der Waals surface area contributed by atoms with Gasteiger partial charge >= 0.3 is 5.97 Å². The van der Waals surface area contributed by atoms with Gasteiger partial charge in [0.2, 0.25) is 11.8 Å².